The number of hydrogen-bond donors (Lipinski definition) is 1. The molecule has 0 fully saturated rings. The lowest BCUT2D eigenvalue weighted by molar-refractivity contribution is -0.119. The van der Waals surface area contributed by atoms with E-state index in [1.807, 2.05) is 13.0 Å². The molecule has 7 nitrogen and oxygen atoms in total. The molecule has 0 aliphatic rings. The number of benzene rings is 3. The molecule has 0 spiro atoms. The van der Waals surface area contributed by atoms with Crippen molar-refractivity contribution in [3.63, 3.8) is 0 Å². The highest BCUT2D eigenvalue weighted by Gasteiger charge is 2.29. The van der Waals surface area contributed by atoms with Crippen LogP contribution in [0, 0.1) is 6.92 Å². The highest BCUT2D eigenvalue weighted by atomic mass is 35.5. The van der Waals surface area contributed by atoms with Crippen LogP contribution in [-0.2, 0) is 14.8 Å². The number of carbonyl (C=O) groups is 1. The van der Waals surface area contributed by atoms with E-state index in [-0.39, 0.29) is 23.7 Å². The minimum Gasteiger partial charge on any atom is -0.492 e. The van der Waals surface area contributed by atoms with E-state index in [1.54, 1.807) is 61.5 Å². The van der Waals surface area contributed by atoms with Crippen LogP contribution >= 0.6 is 11.6 Å². The van der Waals surface area contributed by atoms with E-state index in [4.69, 9.17) is 21.1 Å². The summed E-state index contributed by atoms with van der Waals surface area (Å²) in [6.45, 7) is 4.02. The molecule has 3 aromatic carbocycles. The molecule has 0 aromatic heterocycles. The van der Waals surface area contributed by atoms with E-state index in [9.17, 15) is 13.2 Å². The number of nitrogens with zero attached hydrogens (tertiary/aromatic N) is 1. The van der Waals surface area contributed by atoms with Crippen molar-refractivity contribution in [1.29, 1.82) is 0 Å². The highest BCUT2D eigenvalue weighted by molar-refractivity contribution is 7.92. The molecule has 1 N–H and O–H groups in total. The Labute approximate surface area is 205 Å². The number of hydrogen-bond acceptors (Lipinski definition) is 5. The van der Waals surface area contributed by atoms with Gasteiger partial charge in [0, 0.05) is 5.02 Å². The standard InChI is InChI=1S/C25H27ClN2O5S/c1-3-32-24-12-8-7-11-23(24)28(34(30,31)21-9-5-4-6-10-21)18-25(29)27-15-16-33-20-14-13-19(2)22(26)17-20/h4-14,17H,3,15-16,18H2,1-2H3,(H,27,29). The number of para-hydroxylation sites is 2. The number of anilines is 1. The molecule has 0 unspecified atom stereocenters. The van der Waals surface area contributed by atoms with Crippen LogP contribution in [0.4, 0.5) is 5.69 Å². The molecule has 0 saturated carbocycles. The van der Waals surface area contributed by atoms with E-state index in [1.165, 1.54) is 12.1 Å². The van der Waals surface area contributed by atoms with Crippen molar-refractivity contribution < 1.29 is 22.7 Å². The smallest absolute Gasteiger partial charge is 0.264 e. The molecule has 0 bridgehead atoms. The van der Waals surface area contributed by atoms with Crippen LogP contribution in [0.5, 0.6) is 11.5 Å². The Morgan fingerprint density at radius 2 is 1.71 bits per heavy atom. The van der Waals surface area contributed by atoms with Gasteiger partial charge >= 0.3 is 0 Å². The topological polar surface area (TPSA) is 84.9 Å². The van der Waals surface area contributed by atoms with Gasteiger partial charge in [-0.2, -0.15) is 0 Å². The SMILES string of the molecule is CCOc1ccccc1N(CC(=O)NCCOc1ccc(C)c(Cl)c1)S(=O)(=O)c1ccccc1. The van der Waals surface area contributed by atoms with Crippen molar-refractivity contribution in [1.82, 2.24) is 5.32 Å². The zero-order valence-electron chi connectivity index (χ0n) is 19.0. The van der Waals surface area contributed by atoms with Crippen LogP contribution in [-0.4, -0.2) is 40.6 Å². The van der Waals surface area contributed by atoms with E-state index < -0.39 is 22.5 Å². The molecule has 0 atom stereocenters. The Bertz CT molecular complexity index is 1220. The minimum absolute atomic E-state index is 0.0775. The summed E-state index contributed by atoms with van der Waals surface area (Å²) in [4.78, 5) is 12.8. The number of nitrogens with one attached hydrogen (secondary N) is 1. The molecule has 3 rings (SSSR count). The van der Waals surface area contributed by atoms with Crippen LogP contribution in [0.2, 0.25) is 5.02 Å². The molecule has 0 radical (unpaired) electrons. The predicted molar refractivity (Wildman–Crippen MR) is 133 cm³/mol. The lowest BCUT2D eigenvalue weighted by atomic mass is 10.2. The molecule has 0 saturated heterocycles. The van der Waals surface area contributed by atoms with Gasteiger partial charge in [-0.1, -0.05) is 48.0 Å². The zero-order chi connectivity index (χ0) is 24.6. The van der Waals surface area contributed by atoms with Crippen LogP contribution in [0.1, 0.15) is 12.5 Å². The fourth-order valence-corrected chi connectivity index (χ4v) is 4.79. The Balaban J connectivity index is 1.74. The maximum atomic E-state index is 13.5. The lowest BCUT2D eigenvalue weighted by Crippen LogP contribution is -2.42. The molecule has 3 aromatic rings. The number of sulfonamides is 1. The van der Waals surface area contributed by atoms with Crippen molar-refractivity contribution in [3.05, 3.63) is 83.4 Å². The largest absolute Gasteiger partial charge is 0.492 e. The second kappa shape index (κ2) is 11.8. The second-order valence-corrected chi connectivity index (χ2v) is 9.60. The van der Waals surface area contributed by atoms with E-state index in [0.717, 1.165) is 9.87 Å². The average Bonchev–Trinajstić information content (AvgIpc) is 2.84. The number of halogens is 1. The summed E-state index contributed by atoms with van der Waals surface area (Å²) < 4.78 is 39.2. The molecule has 34 heavy (non-hydrogen) atoms. The zero-order valence-corrected chi connectivity index (χ0v) is 20.6. The van der Waals surface area contributed by atoms with Gasteiger partial charge in [-0.05, 0) is 55.8 Å². The summed E-state index contributed by atoms with van der Waals surface area (Å²) in [5.41, 5.74) is 1.23. The van der Waals surface area contributed by atoms with Gasteiger partial charge in [0.05, 0.1) is 23.7 Å². The third-order valence-corrected chi connectivity index (χ3v) is 7.07. The summed E-state index contributed by atoms with van der Waals surface area (Å²) in [7, 11) is -4.03. The van der Waals surface area contributed by atoms with Gasteiger partial charge in [0.25, 0.3) is 10.0 Å². The normalized spacial score (nSPS) is 11.0. The maximum Gasteiger partial charge on any atom is 0.264 e. The first-order chi connectivity index (χ1) is 16.3. The van der Waals surface area contributed by atoms with Crippen molar-refractivity contribution in [2.75, 3.05) is 30.6 Å². The molecule has 0 heterocycles. The number of carbonyl (C=O) groups excluding carboxylic acids is 1. The van der Waals surface area contributed by atoms with Crippen LogP contribution in [0.25, 0.3) is 0 Å². The summed E-state index contributed by atoms with van der Waals surface area (Å²) in [6, 6.07) is 20.0. The Kier molecular flexibility index (Phi) is 8.79. The molecule has 180 valence electrons. The molecule has 0 aliphatic carbocycles. The summed E-state index contributed by atoms with van der Waals surface area (Å²) in [6.07, 6.45) is 0. The quantitative estimate of drug-likeness (QED) is 0.392. The first-order valence-electron chi connectivity index (χ1n) is 10.8. The third-order valence-electron chi connectivity index (χ3n) is 4.89. The summed E-state index contributed by atoms with van der Waals surface area (Å²) >= 11 is 6.10. The molecular weight excluding hydrogens is 476 g/mol. The highest BCUT2D eigenvalue weighted by Crippen LogP contribution is 2.32. The predicted octanol–water partition coefficient (Wildman–Crippen LogP) is 4.44. The second-order valence-electron chi connectivity index (χ2n) is 7.33. The van der Waals surface area contributed by atoms with Gasteiger partial charge in [-0.15, -0.1) is 0 Å². The summed E-state index contributed by atoms with van der Waals surface area (Å²) in [5, 5.41) is 3.30. The molecular formula is C25H27ClN2O5S. The third kappa shape index (κ3) is 6.42. The van der Waals surface area contributed by atoms with E-state index in [0.29, 0.717) is 23.1 Å². The van der Waals surface area contributed by atoms with Crippen LogP contribution in [0.15, 0.2) is 77.7 Å². The number of aryl methyl sites for hydroxylation is 1. The molecule has 1 amide bonds. The van der Waals surface area contributed by atoms with E-state index >= 15 is 0 Å². The molecule has 0 aliphatic heterocycles. The van der Waals surface area contributed by atoms with Crippen LogP contribution < -0.4 is 19.1 Å². The fourth-order valence-electron chi connectivity index (χ4n) is 3.17. The first-order valence-corrected chi connectivity index (χ1v) is 12.6. The van der Waals surface area contributed by atoms with Gasteiger partial charge in [0.15, 0.2) is 0 Å². The van der Waals surface area contributed by atoms with Crippen molar-refractivity contribution in [2.45, 2.75) is 18.7 Å². The van der Waals surface area contributed by atoms with Gasteiger partial charge in [0.2, 0.25) is 5.91 Å². The molecule has 9 heteroatoms. The lowest BCUT2D eigenvalue weighted by Gasteiger charge is -2.26. The Morgan fingerprint density at radius 1 is 1.00 bits per heavy atom. The van der Waals surface area contributed by atoms with Crippen molar-refractivity contribution in [2.24, 2.45) is 0 Å². The Hall–Kier alpha value is -3.23. The maximum absolute atomic E-state index is 13.5. The van der Waals surface area contributed by atoms with Crippen LogP contribution in [0.3, 0.4) is 0 Å². The first kappa shape index (κ1) is 25.4. The summed E-state index contributed by atoms with van der Waals surface area (Å²) in [5.74, 6) is 0.483. The number of ether oxygens (including phenoxy) is 2. The van der Waals surface area contributed by atoms with Crippen molar-refractivity contribution in [3.8, 4) is 11.5 Å². The van der Waals surface area contributed by atoms with Crippen molar-refractivity contribution >= 4 is 33.2 Å². The number of rotatable bonds is 11. The van der Waals surface area contributed by atoms with Gasteiger partial charge in [0.1, 0.15) is 24.7 Å². The average molecular weight is 503 g/mol. The number of amides is 1. The van der Waals surface area contributed by atoms with Gasteiger partial charge < -0.3 is 14.8 Å². The van der Waals surface area contributed by atoms with Gasteiger partial charge in [-0.3, -0.25) is 9.10 Å². The minimum atomic E-state index is -4.03. The van der Waals surface area contributed by atoms with Gasteiger partial charge in [-0.25, -0.2) is 8.42 Å². The monoisotopic (exact) mass is 502 g/mol. The van der Waals surface area contributed by atoms with E-state index in [2.05, 4.69) is 5.32 Å². The fraction of sp³-hybridized carbons (Fsp3) is 0.240. The Morgan fingerprint density at radius 3 is 2.41 bits per heavy atom.